The van der Waals surface area contributed by atoms with Crippen LogP contribution >= 0.6 is 11.3 Å². The molecule has 0 aliphatic heterocycles. The molecule has 1 aromatic carbocycles. The molecule has 114 valence electrons. The Morgan fingerprint density at radius 2 is 1.90 bits per heavy atom. The van der Waals surface area contributed by atoms with E-state index in [1.807, 2.05) is 25.1 Å². The van der Waals surface area contributed by atoms with E-state index < -0.39 is 0 Å². The highest BCUT2D eigenvalue weighted by molar-refractivity contribution is 7.12. The first-order valence-corrected chi connectivity index (χ1v) is 8.00. The minimum atomic E-state index is -0.148. The molecule has 2 N–H and O–H groups in total. The minimum absolute atomic E-state index is 0.0472. The number of benzene rings is 1. The molecule has 2 unspecified atom stereocenters. The number of nitrogens with two attached hydrogens (primary N) is 1. The second-order valence-electron chi connectivity index (χ2n) is 5.21. The zero-order chi connectivity index (χ0) is 15.4. The lowest BCUT2D eigenvalue weighted by Crippen LogP contribution is -2.31. The van der Waals surface area contributed by atoms with Gasteiger partial charge in [0.2, 0.25) is 0 Å². The largest absolute Gasteiger partial charge is 0.493 e. The monoisotopic (exact) mass is 305 g/mol. The summed E-state index contributed by atoms with van der Waals surface area (Å²) < 4.78 is 11.6. The molecule has 21 heavy (non-hydrogen) atoms. The molecule has 3 nitrogen and oxygen atoms in total. The molecule has 0 bridgehead atoms. The number of thiophene rings is 1. The van der Waals surface area contributed by atoms with Crippen LogP contribution in [0.1, 0.15) is 34.8 Å². The summed E-state index contributed by atoms with van der Waals surface area (Å²) >= 11 is 1.73. The highest BCUT2D eigenvalue weighted by Gasteiger charge is 2.23. The molecule has 4 heteroatoms. The molecular formula is C17H23NO2S. The van der Waals surface area contributed by atoms with Crippen molar-refractivity contribution in [2.45, 2.75) is 39.3 Å². The summed E-state index contributed by atoms with van der Waals surface area (Å²) in [4.78, 5) is 2.42. The topological polar surface area (TPSA) is 44.5 Å². The summed E-state index contributed by atoms with van der Waals surface area (Å²) in [7, 11) is 1.66. The highest BCUT2D eigenvalue weighted by atomic mass is 32.1. The number of rotatable bonds is 6. The maximum absolute atomic E-state index is 6.27. The molecule has 0 aliphatic carbocycles. The van der Waals surface area contributed by atoms with Gasteiger partial charge in [-0.05, 0) is 50.1 Å². The number of hydrogen-bond acceptors (Lipinski definition) is 4. The molecule has 0 aliphatic rings. The predicted octanol–water partition coefficient (Wildman–Crippen LogP) is 4.23. The van der Waals surface area contributed by atoms with Crippen molar-refractivity contribution in [2.75, 3.05) is 7.11 Å². The Hall–Kier alpha value is -1.52. The van der Waals surface area contributed by atoms with Crippen LogP contribution in [0.4, 0.5) is 0 Å². The number of hydrogen-bond donors (Lipinski definition) is 1. The second kappa shape index (κ2) is 6.96. The Labute approximate surface area is 130 Å². The van der Waals surface area contributed by atoms with Crippen LogP contribution in [0.2, 0.25) is 0 Å². The Balaban J connectivity index is 2.31. The van der Waals surface area contributed by atoms with E-state index in [0.29, 0.717) is 0 Å². The molecule has 2 atom stereocenters. The minimum Gasteiger partial charge on any atom is -0.493 e. The fourth-order valence-electron chi connectivity index (χ4n) is 2.19. The van der Waals surface area contributed by atoms with Gasteiger partial charge in [0.25, 0.3) is 0 Å². The summed E-state index contributed by atoms with van der Waals surface area (Å²) in [5, 5.41) is 0. The van der Waals surface area contributed by atoms with Crippen LogP contribution in [-0.4, -0.2) is 13.2 Å². The Morgan fingerprint density at radius 3 is 2.48 bits per heavy atom. The smallest absolute Gasteiger partial charge is 0.162 e. The Morgan fingerprint density at radius 1 is 1.14 bits per heavy atom. The van der Waals surface area contributed by atoms with Crippen LogP contribution in [0.25, 0.3) is 0 Å². The number of ether oxygens (including phenoxy) is 2. The summed E-state index contributed by atoms with van der Waals surface area (Å²) in [6.45, 7) is 6.20. The summed E-state index contributed by atoms with van der Waals surface area (Å²) in [5.74, 6) is 1.49. The van der Waals surface area contributed by atoms with E-state index in [0.717, 1.165) is 28.4 Å². The van der Waals surface area contributed by atoms with Crippen LogP contribution in [0.5, 0.6) is 11.5 Å². The van der Waals surface area contributed by atoms with E-state index in [2.05, 4.69) is 26.0 Å². The van der Waals surface area contributed by atoms with Crippen LogP contribution in [0.3, 0.4) is 0 Å². The standard InChI is InChI=1S/C17H23NO2S/c1-5-13(18)17(16-9-7-12(3)21-16)20-14-8-6-11(2)10-15(14)19-4/h6-10,13,17H,5,18H2,1-4H3. The van der Waals surface area contributed by atoms with Gasteiger partial charge in [-0.3, -0.25) is 0 Å². The van der Waals surface area contributed by atoms with Crippen molar-refractivity contribution in [3.8, 4) is 11.5 Å². The van der Waals surface area contributed by atoms with Crippen molar-refractivity contribution in [3.05, 3.63) is 45.6 Å². The number of methoxy groups -OCH3 is 1. The van der Waals surface area contributed by atoms with Crippen LogP contribution in [0.15, 0.2) is 30.3 Å². The fraction of sp³-hybridized carbons (Fsp3) is 0.412. The van der Waals surface area contributed by atoms with E-state index in [1.165, 1.54) is 4.88 Å². The van der Waals surface area contributed by atoms with E-state index in [4.69, 9.17) is 15.2 Å². The van der Waals surface area contributed by atoms with Gasteiger partial charge in [0.15, 0.2) is 11.5 Å². The van der Waals surface area contributed by atoms with Gasteiger partial charge >= 0.3 is 0 Å². The van der Waals surface area contributed by atoms with Crippen LogP contribution in [0, 0.1) is 13.8 Å². The van der Waals surface area contributed by atoms with Crippen molar-refractivity contribution >= 4 is 11.3 Å². The fourth-order valence-corrected chi connectivity index (χ4v) is 3.17. The highest BCUT2D eigenvalue weighted by Crippen LogP contribution is 2.35. The third-order valence-corrected chi connectivity index (χ3v) is 4.54. The van der Waals surface area contributed by atoms with Crippen molar-refractivity contribution in [3.63, 3.8) is 0 Å². The average molecular weight is 305 g/mol. The summed E-state index contributed by atoms with van der Waals surface area (Å²) in [6, 6.07) is 10.1. The zero-order valence-corrected chi connectivity index (χ0v) is 13.9. The van der Waals surface area contributed by atoms with Crippen LogP contribution < -0.4 is 15.2 Å². The van der Waals surface area contributed by atoms with E-state index >= 15 is 0 Å². The molecule has 1 aromatic heterocycles. The SMILES string of the molecule is CCC(N)C(Oc1ccc(C)cc1OC)c1ccc(C)s1. The van der Waals surface area contributed by atoms with Gasteiger partial charge in [0, 0.05) is 15.8 Å². The second-order valence-corrected chi connectivity index (χ2v) is 6.53. The van der Waals surface area contributed by atoms with Crippen LogP contribution in [-0.2, 0) is 0 Å². The predicted molar refractivity (Wildman–Crippen MR) is 88.4 cm³/mol. The first-order chi connectivity index (χ1) is 10.0. The Kier molecular flexibility index (Phi) is 5.26. The maximum atomic E-state index is 6.27. The Bertz CT molecular complexity index is 594. The summed E-state index contributed by atoms with van der Waals surface area (Å²) in [5.41, 5.74) is 7.41. The van der Waals surface area contributed by atoms with E-state index in [9.17, 15) is 0 Å². The van der Waals surface area contributed by atoms with Crippen molar-refractivity contribution in [1.29, 1.82) is 0 Å². The van der Waals surface area contributed by atoms with E-state index in [-0.39, 0.29) is 12.1 Å². The lowest BCUT2D eigenvalue weighted by Gasteiger charge is -2.24. The van der Waals surface area contributed by atoms with Gasteiger partial charge in [0.1, 0.15) is 6.10 Å². The normalized spacial score (nSPS) is 13.8. The quantitative estimate of drug-likeness (QED) is 0.868. The van der Waals surface area contributed by atoms with Gasteiger partial charge in [-0.15, -0.1) is 11.3 Å². The van der Waals surface area contributed by atoms with Gasteiger partial charge in [-0.2, -0.15) is 0 Å². The average Bonchev–Trinajstić information content (AvgIpc) is 2.91. The molecule has 2 rings (SSSR count). The molecule has 0 amide bonds. The lowest BCUT2D eigenvalue weighted by molar-refractivity contribution is 0.168. The molecule has 0 saturated carbocycles. The first kappa shape index (κ1) is 15.9. The van der Waals surface area contributed by atoms with E-state index in [1.54, 1.807) is 18.4 Å². The molecule has 1 heterocycles. The first-order valence-electron chi connectivity index (χ1n) is 7.18. The summed E-state index contributed by atoms with van der Waals surface area (Å²) in [6.07, 6.45) is 0.709. The number of aryl methyl sites for hydroxylation is 2. The van der Waals surface area contributed by atoms with Gasteiger partial charge in [-0.25, -0.2) is 0 Å². The van der Waals surface area contributed by atoms with Crippen molar-refractivity contribution in [1.82, 2.24) is 0 Å². The third-order valence-electron chi connectivity index (χ3n) is 3.47. The zero-order valence-electron chi connectivity index (χ0n) is 13.1. The molecule has 0 spiro atoms. The molecule has 2 aromatic rings. The molecule has 0 radical (unpaired) electrons. The van der Waals surface area contributed by atoms with Crippen molar-refractivity contribution in [2.24, 2.45) is 5.73 Å². The maximum Gasteiger partial charge on any atom is 0.162 e. The lowest BCUT2D eigenvalue weighted by atomic mass is 10.1. The van der Waals surface area contributed by atoms with Gasteiger partial charge in [-0.1, -0.05) is 13.0 Å². The van der Waals surface area contributed by atoms with Gasteiger partial charge in [0.05, 0.1) is 7.11 Å². The molecule has 0 saturated heterocycles. The third kappa shape index (κ3) is 3.77. The van der Waals surface area contributed by atoms with Gasteiger partial charge < -0.3 is 15.2 Å². The molecule has 0 fully saturated rings. The van der Waals surface area contributed by atoms with Crippen molar-refractivity contribution < 1.29 is 9.47 Å². The molecular weight excluding hydrogens is 282 g/mol.